The minimum atomic E-state index is -0.177. The van der Waals surface area contributed by atoms with Crippen LogP contribution in [0, 0.1) is 5.92 Å². The normalized spacial score (nSPS) is 20.6. The zero-order valence-electron chi connectivity index (χ0n) is 16.3. The molecule has 0 spiro atoms. The maximum atomic E-state index is 12.9. The van der Waals surface area contributed by atoms with E-state index in [1.807, 2.05) is 17.0 Å². The quantitative estimate of drug-likeness (QED) is 0.679. The van der Waals surface area contributed by atoms with Crippen molar-refractivity contribution >= 4 is 5.91 Å². The van der Waals surface area contributed by atoms with E-state index in [9.17, 15) is 4.79 Å². The number of likely N-dealkylation sites (tertiary alicyclic amines) is 1. The Morgan fingerprint density at radius 3 is 2.86 bits per heavy atom. The van der Waals surface area contributed by atoms with Crippen molar-refractivity contribution in [3.63, 3.8) is 0 Å². The summed E-state index contributed by atoms with van der Waals surface area (Å²) in [4.78, 5) is 23.5. The van der Waals surface area contributed by atoms with Crippen molar-refractivity contribution in [2.75, 3.05) is 19.8 Å². The second kappa shape index (κ2) is 9.28. The zero-order chi connectivity index (χ0) is 19.2. The van der Waals surface area contributed by atoms with Gasteiger partial charge < -0.3 is 14.2 Å². The molecule has 150 valence electrons. The lowest BCUT2D eigenvalue weighted by Gasteiger charge is -2.33. The van der Waals surface area contributed by atoms with Gasteiger partial charge in [0.1, 0.15) is 11.7 Å². The van der Waals surface area contributed by atoms with Crippen LogP contribution in [0.1, 0.15) is 73.2 Å². The molecule has 1 amide bonds. The Hall–Kier alpha value is -2.28. The van der Waals surface area contributed by atoms with Gasteiger partial charge >= 0.3 is 0 Å². The Kier molecular flexibility index (Phi) is 6.31. The van der Waals surface area contributed by atoms with E-state index in [-0.39, 0.29) is 11.9 Å². The maximum absolute atomic E-state index is 12.9. The Labute approximate surface area is 165 Å². The third-order valence-corrected chi connectivity index (χ3v) is 5.71. The number of nitrogens with zero attached hydrogens (tertiary/aromatic N) is 4. The highest BCUT2D eigenvalue weighted by atomic mass is 16.5. The van der Waals surface area contributed by atoms with E-state index in [1.165, 1.54) is 25.7 Å². The van der Waals surface area contributed by atoms with E-state index in [2.05, 4.69) is 15.1 Å². The number of piperidine rings is 1. The highest BCUT2D eigenvalue weighted by molar-refractivity contribution is 5.92. The molecule has 1 aliphatic heterocycles. The first-order valence-corrected chi connectivity index (χ1v) is 10.4. The Morgan fingerprint density at radius 2 is 2.04 bits per heavy atom. The number of ether oxygens (including phenoxy) is 1. The number of amides is 1. The van der Waals surface area contributed by atoms with Crippen LogP contribution in [-0.4, -0.2) is 45.7 Å². The summed E-state index contributed by atoms with van der Waals surface area (Å²) in [6.45, 7) is 2.12. The first-order valence-electron chi connectivity index (χ1n) is 10.4. The molecular formula is C21H28N4O3. The van der Waals surface area contributed by atoms with Crippen molar-refractivity contribution in [3.8, 4) is 0 Å². The fourth-order valence-corrected chi connectivity index (χ4v) is 4.16. The van der Waals surface area contributed by atoms with Crippen LogP contribution in [-0.2, 0) is 11.2 Å². The number of rotatable bonds is 7. The largest absolute Gasteiger partial charge is 0.381 e. The SMILES string of the molecule is O=C(c1ccccn1)N1CCCCC1c1nc(CCOCC2CCCC2)no1. The van der Waals surface area contributed by atoms with Crippen LogP contribution < -0.4 is 0 Å². The van der Waals surface area contributed by atoms with Crippen molar-refractivity contribution in [3.05, 3.63) is 41.8 Å². The third kappa shape index (κ3) is 4.58. The van der Waals surface area contributed by atoms with E-state index in [0.29, 0.717) is 42.9 Å². The highest BCUT2D eigenvalue weighted by Crippen LogP contribution is 2.31. The van der Waals surface area contributed by atoms with Crippen LogP contribution >= 0.6 is 0 Å². The first-order chi connectivity index (χ1) is 13.8. The second-order valence-electron chi connectivity index (χ2n) is 7.75. The van der Waals surface area contributed by atoms with Gasteiger partial charge in [-0.25, -0.2) is 0 Å². The van der Waals surface area contributed by atoms with Gasteiger partial charge in [-0.1, -0.05) is 24.1 Å². The molecule has 0 radical (unpaired) electrons. The molecule has 0 N–H and O–H groups in total. The lowest BCUT2D eigenvalue weighted by atomic mass is 10.0. The maximum Gasteiger partial charge on any atom is 0.273 e. The van der Waals surface area contributed by atoms with Crippen molar-refractivity contribution < 1.29 is 14.1 Å². The second-order valence-corrected chi connectivity index (χ2v) is 7.75. The van der Waals surface area contributed by atoms with Gasteiger partial charge in [0.2, 0.25) is 5.89 Å². The molecule has 7 heteroatoms. The van der Waals surface area contributed by atoms with Crippen LogP contribution in [0.2, 0.25) is 0 Å². The minimum Gasteiger partial charge on any atom is -0.381 e. The van der Waals surface area contributed by atoms with Gasteiger partial charge in [-0.15, -0.1) is 0 Å². The van der Waals surface area contributed by atoms with Crippen molar-refractivity contribution in [2.45, 2.75) is 57.4 Å². The predicted molar refractivity (Wildman–Crippen MR) is 103 cm³/mol. The molecule has 1 unspecified atom stereocenters. The molecule has 0 aromatic carbocycles. The van der Waals surface area contributed by atoms with Crippen molar-refractivity contribution in [1.29, 1.82) is 0 Å². The van der Waals surface area contributed by atoms with Crippen LogP contribution in [0.5, 0.6) is 0 Å². The molecule has 2 aliphatic rings. The van der Waals surface area contributed by atoms with E-state index < -0.39 is 0 Å². The first kappa shape index (κ1) is 19.1. The van der Waals surface area contributed by atoms with Crippen LogP contribution in [0.15, 0.2) is 28.9 Å². The molecule has 1 atom stereocenters. The average molecular weight is 384 g/mol. The number of hydrogen-bond donors (Lipinski definition) is 0. The summed E-state index contributed by atoms with van der Waals surface area (Å²) in [5.41, 5.74) is 0.453. The summed E-state index contributed by atoms with van der Waals surface area (Å²) < 4.78 is 11.3. The average Bonchev–Trinajstić information content (AvgIpc) is 3.43. The summed E-state index contributed by atoms with van der Waals surface area (Å²) >= 11 is 0. The lowest BCUT2D eigenvalue weighted by Crippen LogP contribution is -2.39. The summed E-state index contributed by atoms with van der Waals surface area (Å²) in [6, 6.07) is 5.21. The van der Waals surface area contributed by atoms with E-state index in [4.69, 9.17) is 9.26 Å². The summed E-state index contributed by atoms with van der Waals surface area (Å²) in [6.07, 6.45) is 10.4. The van der Waals surface area contributed by atoms with Gasteiger partial charge in [-0.2, -0.15) is 4.98 Å². The molecule has 1 saturated carbocycles. The Morgan fingerprint density at radius 1 is 1.18 bits per heavy atom. The summed E-state index contributed by atoms with van der Waals surface area (Å²) in [5, 5.41) is 4.11. The molecule has 0 bridgehead atoms. The lowest BCUT2D eigenvalue weighted by molar-refractivity contribution is 0.0555. The molecule has 7 nitrogen and oxygen atoms in total. The smallest absolute Gasteiger partial charge is 0.273 e. The minimum absolute atomic E-state index is 0.0788. The fraction of sp³-hybridized carbons (Fsp3) is 0.619. The predicted octanol–water partition coefficient (Wildman–Crippen LogP) is 3.58. The Bertz CT molecular complexity index is 758. The number of carbonyl (C=O) groups excluding carboxylic acids is 1. The number of hydrogen-bond acceptors (Lipinski definition) is 6. The van der Waals surface area contributed by atoms with Gasteiger partial charge in [0.15, 0.2) is 5.82 Å². The monoisotopic (exact) mass is 384 g/mol. The molecule has 2 fully saturated rings. The van der Waals surface area contributed by atoms with Crippen LogP contribution in [0.3, 0.4) is 0 Å². The van der Waals surface area contributed by atoms with Crippen molar-refractivity contribution in [2.24, 2.45) is 5.92 Å². The van der Waals surface area contributed by atoms with Gasteiger partial charge in [0.25, 0.3) is 5.91 Å². The van der Waals surface area contributed by atoms with Gasteiger partial charge in [-0.05, 0) is 50.2 Å². The van der Waals surface area contributed by atoms with Gasteiger partial charge in [-0.3, -0.25) is 9.78 Å². The number of aromatic nitrogens is 3. The number of pyridine rings is 1. The molecule has 2 aromatic heterocycles. The molecule has 3 heterocycles. The molecule has 2 aromatic rings. The summed E-state index contributed by atoms with van der Waals surface area (Å²) in [5.74, 6) is 1.81. The molecule has 4 rings (SSSR count). The van der Waals surface area contributed by atoms with Gasteiger partial charge in [0.05, 0.1) is 6.61 Å². The van der Waals surface area contributed by atoms with E-state index in [1.54, 1.807) is 12.3 Å². The molecule has 28 heavy (non-hydrogen) atoms. The molecule has 1 aliphatic carbocycles. The van der Waals surface area contributed by atoms with Gasteiger partial charge in [0, 0.05) is 25.8 Å². The zero-order valence-corrected chi connectivity index (χ0v) is 16.3. The van der Waals surface area contributed by atoms with Crippen LogP contribution in [0.25, 0.3) is 0 Å². The highest BCUT2D eigenvalue weighted by Gasteiger charge is 2.33. The Balaban J connectivity index is 1.35. The van der Waals surface area contributed by atoms with E-state index >= 15 is 0 Å². The molecule has 1 saturated heterocycles. The van der Waals surface area contributed by atoms with Crippen LogP contribution in [0.4, 0.5) is 0 Å². The number of carbonyl (C=O) groups is 1. The molecular weight excluding hydrogens is 356 g/mol. The third-order valence-electron chi connectivity index (χ3n) is 5.71. The van der Waals surface area contributed by atoms with E-state index in [0.717, 1.165) is 25.9 Å². The standard InChI is InChI=1S/C21H28N4O3/c26-21(17-9-3-5-12-22-17)25-13-6-4-10-18(25)20-23-19(24-28-20)11-14-27-15-16-7-1-2-8-16/h3,5,9,12,16,18H,1-2,4,6-8,10-11,13-15H2. The fourth-order valence-electron chi connectivity index (χ4n) is 4.16. The summed E-state index contributed by atoms with van der Waals surface area (Å²) in [7, 11) is 0. The topological polar surface area (TPSA) is 81.4 Å². The van der Waals surface area contributed by atoms with Crippen molar-refractivity contribution in [1.82, 2.24) is 20.0 Å².